The molecule has 1 fully saturated rings. The van der Waals surface area contributed by atoms with Gasteiger partial charge in [0.2, 0.25) is 0 Å². The lowest BCUT2D eigenvalue weighted by atomic mass is 10.1. The molecule has 0 saturated heterocycles. The van der Waals surface area contributed by atoms with Gasteiger partial charge >= 0.3 is 0 Å². The Morgan fingerprint density at radius 1 is 1.17 bits per heavy atom. The summed E-state index contributed by atoms with van der Waals surface area (Å²) in [6.45, 7) is 4.21. The molecule has 1 saturated carbocycles. The molecular formula is C22H25N5O2. The minimum Gasteiger partial charge on any atom is -0.349 e. The number of nitrogens with one attached hydrogen (secondary N) is 1. The van der Waals surface area contributed by atoms with Gasteiger partial charge in [0, 0.05) is 37.6 Å². The van der Waals surface area contributed by atoms with E-state index in [1.807, 2.05) is 51.2 Å². The summed E-state index contributed by atoms with van der Waals surface area (Å²) in [5.41, 5.74) is 4.51. The number of carbonyl (C=O) groups is 2. The van der Waals surface area contributed by atoms with Crippen LogP contribution in [0.4, 0.5) is 0 Å². The second-order valence-electron chi connectivity index (χ2n) is 7.81. The van der Waals surface area contributed by atoms with Crippen LogP contribution >= 0.6 is 0 Å². The van der Waals surface area contributed by atoms with Gasteiger partial charge in [-0.2, -0.15) is 5.10 Å². The smallest absolute Gasteiger partial charge is 0.255 e. The summed E-state index contributed by atoms with van der Waals surface area (Å²) in [6.07, 6.45) is 2.13. The zero-order chi connectivity index (χ0) is 20.7. The molecule has 2 aromatic heterocycles. The third kappa shape index (κ3) is 3.85. The summed E-state index contributed by atoms with van der Waals surface area (Å²) in [5.74, 6) is -0.124. The van der Waals surface area contributed by atoms with E-state index in [9.17, 15) is 9.59 Å². The Labute approximate surface area is 169 Å². The Bertz CT molecular complexity index is 1100. The van der Waals surface area contributed by atoms with Crippen molar-refractivity contribution in [3.63, 3.8) is 0 Å². The summed E-state index contributed by atoms with van der Waals surface area (Å²) in [4.78, 5) is 31.4. The highest BCUT2D eigenvalue weighted by Crippen LogP contribution is 2.21. The second-order valence-corrected chi connectivity index (χ2v) is 7.81. The van der Waals surface area contributed by atoms with Crippen LogP contribution in [0.2, 0.25) is 0 Å². The molecule has 2 heterocycles. The van der Waals surface area contributed by atoms with Crippen molar-refractivity contribution in [2.24, 2.45) is 7.05 Å². The monoisotopic (exact) mass is 391 g/mol. The first-order valence-electron chi connectivity index (χ1n) is 9.79. The Morgan fingerprint density at radius 3 is 2.52 bits per heavy atom. The van der Waals surface area contributed by atoms with Gasteiger partial charge in [0.15, 0.2) is 5.65 Å². The lowest BCUT2D eigenvalue weighted by molar-refractivity contribution is 0.0783. The van der Waals surface area contributed by atoms with Gasteiger partial charge in [-0.05, 0) is 50.5 Å². The average molecular weight is 391 g/mol. The van der Waals surface area contributed by atoms with Crippen LogP contribution in [0.1, 0.15) is 50.5 Å². The van der Waals surface area contributed by atoms with Crippen molar-refractivity contribution in [3.05, 3.63) is 58.4 Å². The quantitative estimate of drug-likeness (QED) is 0.725. The number of rotatable bonds is 5. The molecule has 0 spiro atoms. The van der Waals surface area contributed by atoms with E-state index in [1.54, 1.807) is 16.6 Å². The summed E-state index contributed by atoms with van der Waals surface area (Å²) >= 11 is 0. The highest BCUT2D eigenvalue weighted by Gasteiger charge is 2.24. The first-order valence-corrected chi connectivity index (χ1v) is 9.79. The zero-order valence-electron chi connectivity index (χ0n) is 17.2. The third-order valence-corrected chi connectivity index (χ3v) is 5.31. The van der Waals surface area contributed by atoms with Crippen molar-refractivity contribution in [3.8, 4) is 0 Å². The predicted molar refractivity (Wildman–Crippen MR) is 111 cm³/mol. The van der Waals surface area contributed by atoms with Gasteiger partial charge in [-0.1, -0.05) is 12.1 Å². The minimum atomic E-state index is -0.0873. The van der Waals surface area contributed by atoms with E-state index in [0.29, 0.717) is 29.4 Å². The molecule has 0 atom stereocenters. The fourth-order valence-electron chi connectivity index (χ4n) is 3.46. The number of hydrogen-bond acceptors (Lipinski definition) is 4. The molecule has 0 radical (unpaired) electrons. The average Bonchev–Trinajstić information content (AvgIpc) is 3.46. The van der Waals surface area contributed by atoms with Crippen LogP contribution in [0.5, 0.6) is 0 Å². The second kappa shape index (κ2) is 7.31. The summed E-state index contributed by atoms with van der Waals surface area (Å²) < 4.78 is 1.73. The Balaban J connectivity index is 1.49. The van der Waals surface area contributed by atoms with Crippen LogP contribution in [0.15, 0.2) is 30.3 Å². The van der Waals surface area contributed by atoms with Crippen molar-refractivity contribution < 1.29 is 9.59 Å². The van der Waals surface area contributed by atoms with Crippen LogP contribution in [-0.4, -0.2) is 44.6 Å². The number of aromatic nitrogens is 3. The van der Waals surface area contributed by atoms with E-state index in [4.69, 9.17) is 0 Å². The maximum atomic E-state index is 13.0. The maximum Gasteiger partial charge on any atom is 0.255 e. The number of amides is 2. The minimum absolute atomic E-state index is 0.0367. The molecule has 1 aliphatic rings. The fourth-order valence-corrected chi connectivity index (χ4v) is 3.46. The first-order chi connectivity index (χ1) is 13.8. The fraction of sp³-hybridized carbons (Fsp3) is 0.364. The molecule has 2 amide bonds. The van der Waals surface area contributed by atoms with Crippen LogP contribution < -0.4 is 5.32 Å². The largest absolute Gasteiger partial charge is 0.349 e. The van der Waals surface area contributed by atoms with Crippen LogP contribution in [0.3, 0.4) is 0 Å². The predicted octanol–water partition coefficient (Wildman–Crippen LogP) is 2.75. The molecule has 0 unspecified atom stereocenters. The molecule has 29 heavy (non-hydrogen) atoms. The molecule has 1 N–H and O–H groups in total. The van der Waals surface area contributed by atoms with Gasteiger partial charge in [-0.3, -0.25) is 14.3 Å². The van der Waals surface area contributed by atoms with Gasteiger partial charge in [0.1, 0.15) is 0 Å². The van der Waals surface area contributed by atoms with E-state index in [-0.39, 0.29) is 11.8 Å². The van der Waals surface area contributed by atoms with Crippen molar-refractivity contribution in [1.82, 2.24) is 25.0 Å². The Hall–Kier alpha value is -3.22. The van der Waals surface area contributed by atoms with Crippen molar-refractivity contribution in [2.75, 3.05) is 7.05 Å². The van der Waals surface area contributed by atoms with Gasteiger partial charge in [0.05, 0.1) is 17.0 Å². The summed E-state index contributed by atoms with van der Waals surface area (Å²) in [6, 6.07) is 9.62. The number of aryl methyl sites for hydroxylation is 3. The molecule has 1 aliphatic carbocycles. The van der Waals surface area contributed by atoms with Crippen molar-refractivity contribution >= 4 is 22.8 Å². The molecule has 150 valence electrons. The van der Waals surface area contributed by atoms with Gasteiger partial charge in [-0.15, -0.1) is 0 Å². The molecular weight excluding hydrogens is 366 g/mol. The van der Waals surface area contributed by atoms with E-state index < -0.39 is 0 Å². The Kier molecular flexibility index (Phi) is 4.82. The molecule has 1 aromatic carbocycles. The standard InChI is InChI=1S/C22H25N5O2/c1-13-19(11-18-14(2)25-27(4)20(18)23-13)22(29)26(3)12-15-5-7-16(8-6-15)21(28)24-17-9-10-17/h5-8,11,17H,9-10,12H2,1-4H3,(H,24,28). The van der Waals surface area contributed by atoms with Gasteiger partial charge < -0.3 is 10.2 Å². The van der Waals surface area contributed by atoms with E-state index in [0.717, 1.165) is 35.1 Å². The number of benzene rings is 1. The van der Waals surface area contributed by atoms with Gasteiger partial charge in [0.25, 0.3) is 11.8 Å². The van der Waals surface area contributed by atoms with Crippen LogP contribution in [0, 0.1) is 13.8 Å². The SMILES string of the molecule is Cc1nc2c(cc1C(=O)N(C)Cc1ccc(C(=O)NC3CC3)cc1)c(C)nn2C. The highest BCUT2D eigenvalue weighted by atomic mass is 16.2. The number of nitrogens with zero attached hydrogens (tertiary/aromatic N) is 4. The first kappa shape index (κ1) is 19.1. The zero-order valence-corrected chi connectivity index (χ0v) is 17.2. The summed E-state index contributed by atoms with van der Waals surface area (Å²) in [7, 11) is 3.62. The summed E-state index contributed by atoms with van der Waals surface area (Å²) in [5, 5.41) is 8.25. The molecule has 3 aromatic rings. The molecule has 4 rings (SSSR count). The van der Waals surface area contributed by atoms with Gasteiger partial charge in [-0.25, -0.2) is 4.98 Å². The van der Waals surface area contributed by atoms with Crippen LogP contribution in [-0.2, 0) is 13.6 Å². The highest BCUT2D eigenvalue weighted by molar-refractivity contribution is 5.98. The van der Waals surface area contributed by atoms with Crippen molar-refractivity contribution in [2.45, 2.75) is 39.3 Å². The number of carbonyl (C=O) groups excluding carboxylic acids is 2. The van der Waals surface area contributed by atoms with Crippen LogP contribution in [0.25, 0.3) is 11.0 Å². The maximum absolute atomic E-state index is 13.0. The topological polar surface area (TPSA) is 80.1 Å². The molecule has 7 nitrogen and oxygen atoms in total. The van der Waals surface area contributed by atoms with Crippen molar-refractivity contribution in [1.29, 1.82) is 0 Å². The number of pyridine rings is 1. The molecule has 0 bridgehead atoms. The van der Waals surface area contributed by atoms with E-state index >= 15 is 0 Å². The lowest BCUT2D eigenvalue weighted by Gasteiger charge is -2.18. The molecule has 7 heteroatoms. The Morgan fingerprint density at radius 2 is 1.86 bits per heavy atom. The normalized spacial score (nSPS) is 13.5. The number of fused-ring (bicyclic) bond motifs is 1. The third-order valence-electron chi connectivity index (χ3n) is 5.31. The lowest BCUT2D eigenvalue weighted by Crippen LogP contribution is -2.27. The van der Waals surface area contributed by atoms with E-state index in [1.165, 1.54) is 0 Å². The van der Waals surface area contributed by atoms with E-state index in [2.05, 4.69) is 15.4 Å². The molecule has 0 aliphatic heterocycles. The number of hydrogen-bond donors (Lipinski definition) is 1.